The molecular weight excluding hydrogens is 260 g/mol. The molecule has 0 bridgehead atoms. The molecule has 3 nitrogen and oxygen atoms in total. The summed E-state index contributed by atoms with van der Waals surface area (Å²) in [6, 6.07) is 18.1. The van der Waals surface area contributed by atoms with E-state index < -0.39 is 22.0 Å². The van der Waals surface area contributed by atoms with Gasteiger partial charge in [-0.15, -0.1) is 0 Å². The molecular formula is C15H14O3S. The number of hydrogen-bond acceptors (Lipinski definition) is 2. The number of carboxylic acid groups (broad SMARTS) is 1. The first-order valence-electron chi connectivity index (χ1n) is 5.91. The average molecular weight is 274 g/mol. The van der Waals surface area contributed by atoms with Gasteiger partial charge in [-0.3, -0.25) is 9.00 Å². The number of hydrogen-bond donors (Lipinski definition) is 1. The lowest BCUT2D eigenvalue weighted by Gasteiger charge is -2.15. The number of carbonyl (C=O) groups is 1. The van der Waals surface area contributed by atoms with Crippen molar-refractivity contribution in [2.45, 2.75) is 16.6 Å². The van der Waals surface area contributed by atoms with Crippen LogP contribution >= 0.6 is 0 Å². The maximum atomic E-state index is 12.5. The van der Waals surface area contributed by atoms with Crippen LogP contribution in [-0.2, 0) is 15.6 Å². The molecule has 0 radical (unpaired) electrons. The molecule has 98 valence electrons. The Bertz CT molecular complexity index is 566. The summed E-state index contributed by atoms with van der Waals surface area (Å²) in [4.78, 5) is 11.6. The normalized spacial score (nSPS) is 13.7. The monoisotopic (exact) mass is 274 g/mol. The van der Waals surface area contributed by atoms with Crippen LogP contribution in [0, 0.1) is 0 Å². The van der Waals surface area contributed by atoms with Crippen LogP contribution < -0.4 is 0 Å². The van der Waals surface area contributed by atoms with E-state index in [4.69, 9.17) is 5.11 Å². The molecule has 0 aromatic heterocycles. The van der Waals surface area contributed by atoms with Crippen molar-refractivity contribution in [2.75, 3.05) is 0 Å². The molecule has 1 N–H and O–H groups in total. The van der Waals surface area contributed by atoms with E-state index in [1.54, 1.807) is 24.3 Å². The molecule has 2 aromatic rings. The van der Waals surface area contributed by atoms with Crippen molar-refractivity contribution < 1.29 is 14.1 Å². The number of aliphatic carboxylic acids is 1. The van der Waals surface area contributed by atoms with Gasteiger partial charge in [0.15, 0.2) is 0 Å². The summed E-state index contributed by atoms with van der Waals surface area (Å²) in [6.45, 7) is 0. The maximum absolute atomic E-state index is 12.5. The smallest absolute Gasteiger partial charge is 0.304 e. The van der Waals surface area contributed by atoms with Gasteiger partial charge in [0.05, 0.1) is 22.5 Å². The Kier molecular flexibility index (Phi) is 4.47. The summed E-state index contributed by atoms with van der Waals surface area (Å²) in [6.07, 6.45) is -0.147. The average Bonchev–Trinajstić information content (AvgIpc) is 2.46. The van der Waals surface area contributed by atoms with Gasteiger partial charge in [-0.2, -0.15) is 0 Å². The second-order valence-corrected chi connectivity index (χ2v) is 5.74. The molecule has 0 heterocycles. The molecule has 0 aliphatic heterocycles. The first-order chi connectivity index (χ1) is 9.18. The first-order valence-corrected chi connectivity index (χ1v) is 7.12. The van der Waals surface area contributed by atoms with Gasteiger partial charge in [-0.1, -0.05) is 48.5 Å². The van der Waals surface area contributed by atoms with Crippen LogP contribution in [0.5, 0.6) is 0 Å². The molecule has 0 saturated heterocycles. The van der Waals surface area contributed by atoms with Gasteiger partial charge in [-0.25, -0.2) is 0 Å². The molecule has 0 spiro atoms. The van der Waals surface area contributed by atoms with E-state index in [1.165, 1.54) is 0 Å². The van der Waals surface area contributed by atoms with Crippen molar-refractivity contribution in [3.05, 3.63) is 66.2 Å². The lowest BCUT2D eigenvalue weighted by atomic mass is 10.1. The zero-order chi connectivity index (χ0) is 13.7. The van der Waals surface area contributed by atoms with E-state index in [2.05, 4.69) is 0 Å². The SMILES string of the molecule is O=C(O)C[C@H](c1ccccc1)[S@@](=O)c1ccccc1. The predicted molar refractivity (Wildman–Crippen MR) is 74.3 cm³/mol. The molecule has 0 fully saturated rings. The third-order valence-electron chi connectivity index (χ3n) is 2.77. The Balaban J connectivity index is 2.33. The molecule has 2 atom stereocenters. The summed E-state index contributed by atoms with van der Waals surface area (Å²) >= 11 is 0. The van der Waals surface area contributed by atoms with Crippen LogP contribution in [-0.4, -0.2) is 15.3 Å². The van der Waals surface area contributed by atoms with Crippen LogP contribution in [0.25, 0.3) is 0 Å². The molecule has 0 aliphatic carbocycles. The van der Waals surface area contributed by atoms with Crippen LogP contribution in [0.1, 0.15) is 17.2 Å². The number of carboxylic acids is 1. The Labute approximate surface area is 114 Å². The van der Waals surface area contributed by atoms with E-state index in [9.17, 15) is 9.00 Å². The molecule has 0 unspecified atom stereocenters. The van der Waals surface area contributed by atoms with Crippen LogP contribution in [0.2, 0.25) is 0 Å². The van der Waals surface area contributed by atoms with Crippen LogP contribution in [0.3, 0.4) is 0 Å². The van der Waals surface area contributed by atoms with Gasteiger partial charge in [0.25, 0.3) is 0 Å². The minimum Gasteiger partial charge on any atom is -0.481 e. The highest BCUT2D eigenvalue weighted by molar-refractivity contribution is 7.85. The van der Waals surface area contributed by atoms with E-state index in [-0.39, 0.29) is 6.42 Å². The van der Waals surface area contributed by atoms with Crippen molar-refractivity contribution in [1.29, 1.82) is 0 Å². The highest BCUT2D eigenvalue weighted by Gasteiger charge is 2.23. The Morgan fingerprint density at radius 1 is 1.00 bits per heavy atom. The highest BCUT2D eigenvalue weighted by atomic mass is 32.2. The largest absolute Gasteiger partial charge is 0.481 e. The zero-order valence-corrected chi connectivity index (χ0v) is 11.0. The van der Waals surface area contributed by atoms with Crippen molar-refractivity contribution in [1.82, 2.24) is 0 Å². The highest BCUT2D eigenvalue weighted by Crippen LogP contribution is 2.28. The molecule has 0 aliphatic rings. The van der Waals surface area contributed by atoms with Crippen molar-refractivity contribution >= 4 is 16.8 Å². The van der Waals surface area contributed by atoms with Gasteiger partial charge in [0, 0.05) is 4.90 Å². The quantitative estimate of drug-likeness (QED) is 0.911. The molecule has 4 heteroatoms. The Morgan fingerprint density at radius 3 is 2.05 bits per heavy atom. The van der Waals surface area contributed by atoms with Gasteiger partial charge in [0.1, 0.15) is 0 Å². The minimum atomic E-state index is -1.37. The van der Waals surface area contributed by atoms with Crippen molar-refractivity contribution in [2.24, 2.45) is 0 Å². The molecule has 19 heavy (non-hydrogen) atoms. The maximum Gasteiger partial charge on any atom is 0.304 e. The zero-order valence-electron chi connectivity index (χ0n) is 10.2. The second kappa shape index (κ2) is 6.29. The third-order valence-corrected chi connectivity index (χ3v) is 4.46. The fourth-order valence-electron chi connectivity index (χ4n) is 1.86. The molecule has 2 aromatic carbocycles. The fraction of sp³-hybridized carbons (Fsp3) is 0.133. The Morgan fingerprint density at radius 2 is 1.53 bits per heavy atom. The number of rotatable bonds is 5. The molecule has 0 amide bonds. The van der Waals surface area contributed by atoms with Gasteiger partial charge < -0.3 is 5.11 Å². The lowest BCUT2D eigenvalue weighted by molar-refractivity contribution is -0.137. The summed E-state index contributed by atoms with van der Waals surface area (Å²) in [5, 5.41) is 8.48. The van der Waals surface area contributed by atoms with E-state index >= 15 is 0 Å². The van der Waals surface area contributed by atoms with Gasteiger partial charge in [0.2, 0.25) is 0 Å². The Hall–Kier alpha value is -1.94. The summed E-state index contributed by atoms with van der Waals surface area (Å²) in [5.41, 5.74) is 0.784. The summed E-state index contributed by atoms with van der Waals surface area (Å²) < 4.78 is 12.5. The van der Waals surface area contributed by atoms with Crippen LogP contribution in [0.4, 0.5) is 0 Å². The predicted octanol–water partition coefficient (Wildman–Crippen LogP) is 3.01. The fourth-order valence-corrected chi connectivity index (χ4v) is 3.31. The van der Waals surface area contributed by atoms with Crippen molar-refractivity contribution in [3.63, 3.8) is 0 Å². The summed E-state index contributed by atoms with van der Waals surface area (Å²) in [7, 11) is -1.37. The summed E-state index contributed by atoms with van der Waals surface area (Å²) in [5.74, 6) is -0.946. The van der Waals surface area contributed by atoms with E-state index in [0.29, 0.717) is 4.90 Å². The van der Waals surface area contributed by atoms with Gasteiger partial charge >= 0.3 is 5.97 Å². The number of benzene rings is 2. The first kappa shape index (κ1) is 13.5. The molecule has 0 saturated carbocycles. The second-order valence-electron chi connectivity index (χ2n) is 4.11. The minimum absolute atomic E-state index is 0.147. The molecule has 2 rings (SSSR count). The van der Waals surface area contributed by atoms with Gasteiger partial charge in [-0.05, 0) is 17.7 Å². The van der Waals surface area contributed by atoms with E-state index in [0.717, 1.165) is 5.56 Å². The van der Waals surface area contributed by atoms with E-state index in [1.807, 2.05) is 36.4 Å². The third kappa shape index (κ3) is 3.51. The van der Waals surface area contributed by atoms with Crippen molar-refractivity contribution in [3.8, 4) is 0 Å². The topological polar surface area (TPSA) is 54.4 Å². The van der Waals surface area contributed by atoms with Crippen LogP contribution in [0.15, 0.2) is 65.6 Å². The standard InChI is InChI=1S/C15H14O3S/c16-15(17)11-14(12-7-3-1-4-8-12)19(18)13-9-5-2-6-10-13/h1-10,14H,11H2,(H,16,17)/t14-,19+/m1/s1. The lowest BCUT2D eigenvalue weighted by Crippen LogP contribution is -2.12.